The molecule has 0 heterocycles. The van der Waals surface area contributed by atoms with Crippen LogP contribution in [0.15, 0.2) is 12.1 Å². The molecule has 0 N–H and O–H groups in total. The van der Waals surface area contributed by atoms with Gasteiger partial charge in [-0.15, -0.1) is 12.1 Å². The summed E-state index contributed by atoms with van der Waals surface area (Å²) in [4.78, 5) is 2.16. The predicted octanol–water partition coefficient (Wildman–Crippen LogP) is 1.90. The molecule has 2 rings (SSSR count). The van der Waals surface area contributed by atoms with Gasteiger partial charge in [0.1, 0.15) is 0 Å². The van der Waals surface area contributed by atoms with Crippen molar-refractivity contribution in [3.63, 3.8) is 0 Å². The Kier molecular flexibility index (Phi) is 9.13. The van der Waals surface area contributed by atoms with Gasteiger partial charge in [0.25, 0.3) is 0 Å². The molecule has 0 saturated heterocycles. The Labute approximate surface area is 169 Å². The van der Waals surface area contributed by atoms with Crippen molar-refractivity contribution in [2.45, 2.75) is 76.3 Å². The monoisotopic (exact) mass is 327 g/mol. The molecule has 2 aliphatic rings. The van der Waals surface area contributed by atoms with Crippen molar-refractivity contribution in [1.82, 2.24) is 4.90 Å². The number of hydrogen-bond donors (Lipinski definition) is 0. The number of nitrogens with zero attached hydrogens (tertiary/aromatic N) is 1. The van der Waals surface area contributed by atoms with E-state index in [-0.39, 0.29) is 57.9 Å². The van der Waals surface area contributed by atoms with E-state index in [9.17, 15) is 12.9 Å². The van der Waals surface area contributed by atoms with E-state index in [2.05, 4.69) is 11.5 Å². The minimum absolute atomic E-state index is 0. The summed E-state index contributed by atoms with van der Waals surface area (Å²) in [5.74, 6) is 0. The summed E-state index contributed by atoms with van der Waals surface area (Å²) < 4.78 is 38.6. The maximum Gasteiger partial charge on any atom is 1.00 e. The minimum Gasteiger partial charge on any atom is -0.445 e. The molecule has 0 radical (unpaired) electrons. The van der Waals surface area contributed by atoms with Crippen LogP contribution in [0.1, 0.15) is 64.2 Å². The second-order valence-electron chi connectivity index (χ2n) is 6.49. The summed E-state index contributed by atoms with van der Waals surface area (Å²) in [5, 5.41) is 0. The maximum absolute atomic E-state index is 12.9. The van der Waals surface area contributed by atoms with Crippen LogP contribution < -0.4 is 51.4 Å². The van der Waals surface area contributed by atoms with Crippen molar-refractivity contribution >= 4 is 6.98 Å². The van der Waals surface area contributed by atoms with Gasteiger partial charge < -0.3 is 12.9 Å². The van der Waals surface area contributed by atoms with Crippen molar-refractivity contribution in [2.24, 2.45) is 0 Å². The van der Waals surface area contributed by atoms with Crippen LogP contribution in [0.25, 0.3) is 0 Å². The van der Waals surface area contributed by atoms with Crippen molar-refractivity contribution in [3.8, 4) is 0 Å². The molecule has 0 atom stereocenters. The third kappa shape index (κ3) is 6.30. The zero-order chi connectivity index (χ0) is 14.6. The summed E-state index contributed by atoms with van der Waals surface area (Å²) in [6, 6.07) is 0.698. The van der Waals surface area contributed by atoms with E-state index in [0.29, 0.717) is 12.1 Å². The quantitative estimate of drug-likeness (QED) is 0.697. The molecule has 0 aliphatic heterocycles. The molecule has 0 bridgehead atoms. The Morgan fingerprint density at radius 1 is 0.857 bits per heavy atom. The summed E-state index contributed by atoms with van der Waals surface area (Å²) in [7, 11) is 0. The third-order valence-electron chi connectivity index (χ3n) is 4.94. The first kappa shape index (κ1) is 20.2. The van der Waals surface area contributed by atoms with Crippen molar-refractivity contribution in [3.05, 3.63) is 12.1 Å². The average Bonchev–Trinajstić information content (AvgIpc) is 2.45. The molecular weight excluding hydrogens is 301 g/mol. The molecule has 0 aromatic rings. The zero-order valence-electron chi connectivity index (χ0n) is 13.3. The number of halogens is 3. The molecule has 2 fully saturated rings. The van der Waals surface area contributed by atoms with Gasteiger partial charge in [-0.3, -0.25) is 4.90 Å². The van der Waals surface area contributed by atoms with Crippen LogP contribution in [0.5, 0.6) is 0 Å². The van der Waals surface area contributed by atoms with Crippen molar-refractivity contribution in [2.75, 3.05) is 6.54 Å². The SMILES string of the molecule is C=C(CN(C1CCCCC1)C1CCCCC1)[B-](F)(F)F.[K+]. The standard InChI is InChI=1S/C15H26BF3N.K/c1-13(16(17,18)19)12-20(14-8-4-2-5-9-14)15-10-6-3-7-11-15;/h14-15H,1-12H2;/q-1;+1. The van der Waals surface area contributed by atoms with E-state index < -0.39 is 12.4 Å². The third-order valence-corrected chi connectivity index (χ3v) is 4.94. The molecule has 0 aromatic heterocycles. The van der Waals surface area contributed by atoms with Gasteiger partial charge in [0, 0.05) is 12.1 Å². The minimum atomic E-state index is -4.90. The van der Waals surface area contributed by atoms with Crippen LogP contribution in [-0.2, 0) is 0 Å². The Morgan fingerprint density at radius 3 is 1.57 bits per heavy atom. The second-order valence-corrected chi connectivity index (χ2v) is 6.49. The fraction of sp³-hybridized carbons (Fsp3) is 0.867. The van der Waals surface area contributed by atoms with Gasteiger partial charge in [-0.25, -0.2) is 0 Å². The van der Waals surface area contributed by atoms with E-state index >= 15 is 0 Å². The van der Waals surface area contributed by atoms with Crippen LogP contribution in [0.2, 0.25) is 0 Å². The molecular formula is C15H26BF3KN. The molecule has 2 aliphatic carbocycles. The van der Waals surface area contributed by atoms with Gasteiger partial charge in [0.2, 0.25) is 0 Å². The van der Waals surface area contributed by atoms with Crippen LogP contribution in [0.3, 0.4) is 0 Å². The smallest absolute Gasteiger partial charge is 0.445 e. The Balaban J connectivity index is 0.00000220. The largest absolute Gasteiger partial charge is 1.00 e. The van der Waals surface area contributed by atoms with E-state index in [4.69, 9.17) is 0 Å². The fourth-order valence-corrected chi connectivity index (χ4v) is 3.72. The summed E-state index contributed by atoms with van der Waals surface area (Å²) in [6.07, 6.45) is 11.4. The van der Waals surface area contributed by atoms with Gasteiger partial charge in [0.15, 0.2) is 0 Å². The first-order valence-electron chi connectivity index (χ1n) is 8.12. The van der Waals surface area contributed by atoms with Crippen LogP contribution >= 0.6 is 0 Å². The van der Waals surface area contributed by atoms with Gasteiger partial charge >= 0.3 is 58.4 Å². The van der Waals surface area contributed by atoms with Gasteiger partial charge in [-0.1, -0.05) is 38.5 Å². The molecule has 0 amide bonds. The number of hydrogen-bond acceptors (Lipinski definition) is 1. The van der Waals surface area contributed by atoms with Crippen molar-refractivity contribution < 1.29 is 64.3 Å². The number of rotatable bonds is 5. The van der Waals surface area contributed by atoms with E-state index in [1.165, 1.54) is 12.8 Å². The summed E-state index contributed by atoms with van der Waals surface area (Å²) in [6.45, 7) is -1.54. The maximum atomic E-state index is 12.9. The van der Waals surface area contributed by atoms with Gasteiger partial charge in [-0.05, 0) is 32.2 Å². The summed E-state index contributed by atoms with van der Waals surface area (Å²) in [5.41, 5.74) is -0.513. The van der Waals surface area contributed by atoms with E-state index in [1.807, 2.05) is 0 Å². The molecule has 6 heteroatoms. The average molecular weight is 327 g/mol. The van der Waals surface area contributed by atoms with Gasteiger partial charge in [-0.2, -0.15) is 0 Å². The first-order chi connectivity index (χ1) is 9.48. The van der Waals surface area contributed by atoms with Crippen LogP contribution in [-0.4, -0.2) is 30.5 Å². The second kappa shape index (κ2) is 9.48. The molecule has 1 nitrogen and oxygen atoms in total. The normalized spacial score (nSPS) is 22.1. The topological polar surface area (TPSA) is 3.24 Å². The molecule has 0 spiro atoms. The molecule has 21 heavy (non-hydrogen) atoms. The van der Waals surface area contributed by atoms with E-state index in [0.717, 1.165) is 51.4 Å². The molecule has 116 valence electrons. The van der Waals surface area contributed by atoms with Crippen LogP contribution in [0, 0.1) is 0 Å². The Hall–Kier alpha value is 1.19. The Morgan fingerprint density at radius 2 is 1.24 bits per heavy atom. The van der Waals surface area contributed by atoms with Crippen LogP contribution in [0.4, 0.5) is 12.9 Å². The van der Waals surface area contributed by atoms with Crippen molar-refractivity contribution in [1.29, 1.82) is 0 Å². The molecule has 0 aromatic carbocycles. The molecule has 2 saturated carbocycles. The van der Waals surface area contributed by atoms with Gasteiger partial charge in [0.05, 0.1) is 0 Å². The summed E-state index contributed by atoms with van der Waals surface area (Å²) >= 11 is 0. The Bertz CT molecular complexity index is 305. The van der Waals surface area contributed by atoms with E-state index in [1.54, 1.807) is 0 Å². The fourth-order valence-electron chi connectivity index (χ4n) is 3.72. The first-order valence-corrected chi connectivity index (χ1v) is 8.12. The zero-order valence-corrected chi connectivity index (χ0v) is 16.4. The molecule has 0 unspecified atom stereocenters. The predicted molar refractivity (Wildman–Crippen MR) is 78.7 cm³/mol.